The van der Waals surface area contributed by atoms with Crippen molar-refractivity contribution in [1.29, 1.82) is 0 Å². The van der Waals surface area contributed by atoms with Crippen LogP contribution in [0.2, 0.25) is 0 Å². The van der Waals surface area contributed by atoms with Gasteiger partial charge in [0.25, 0.3) is 0 Å². The molecule has 2 aliphatic rings. The first-order valence-electron chi connectivity index (χ1n) is 7.03. The van der Waals surface area contributed by atoms with Gasteiger partial charge in [0.1, 0.15) is 6.10 Å². The standard InChI is InChI=1S/C15H21NO3S/c1-17-14-8-11(16)2-3-13(14)19-12-4-6-18-15(9-12)5-7-20-10-15/h2-3,8,12H,4-7,9-10,16H2,1H3. The molecular weight excluding hydrogens is 274 g/mol. The van der Waals surface area contributed by atoms with E-state index < -0.39 is 0 Å². The second-order valence-electron chi connectivity index (χ2n) is 5.48. The maximum absolute atomic E-state index is 6.15. The van der Waals surface area contributed by atoms with Crippen LogP contribution in [0.1, 0.15) is 19.3 Å². The highest BCUT2D eigenvalue weighted by Gasteiger charge is 2.41. The number of rotatable bonds is 3. The van der Waals surface area contributed by atoms with E-state index in [1.807, 2.05) is 23.9 Å². The van der Waals surface area contributed by atoms with Crippen molar-refractivity contribution in [2.24, 2.45) is 0 Å². The maximum Gasteiger partial charge on any atom is 0.162 e. The average molecular weight is 295 g/mol. The normalized spacial score (nSPS) is 29.6. The summed E-state index contributed by atoms with van der Waals surface area (Å²) in [5, 5.41) is 0. The molecule has 2 aliphatic heterocycles. The SMILES string of the molecule is COc1cc(N)ccc1OC1CCOC2(CCSC2)C1. The van der Waals surface area contributed by atoms with E-state index in [0.717, 1.165) is 37.4 Å². The molecule has 0 bridgehead atoms. The van der Waals surface area contributed by atoms with Gasteiger partial charge in [0.15, 0.2) is 11.5 Å². The third-order valence-corrected chi connectivity index (χ3v) is 5.22. The second-order valence-corrected chi connectivity index (χ2v) is 6.58. The van der Waals surface area contributed by atoms with Crippen LogP contribution in [0.4, 0.5) is 5.69 Å². The Kier molecular flexibility index (Phi) is 3.98. The summed E-state index contributed by atoms with van der Waals surface area (Å²) in [6, 6.07) is 5.54. The van der Waals surface area contributed by atoms with Gasteiger partial charge in [-0.05, 0) is 24.3 Å². The lowest BCUT2D eigenvalue weighted by molar-refractivity contribution is -0.0961. The minimum atomic E-state index is 0.0363. The first-order valence-corrected chi connectivity index (χ1v) is 8.18. The number of nitrogen functional groups attached to an aromatic ring is 1. The molecule has 2 fully saturated rings. The Bertz CT molecular complexity index is 474. The highest BCUT2D eigenvalue weighted by molar-refractivity contribution is 7.99. The van der Waals surface area contributed by atoms with Gasteiger partial charge in [0.05, 0.1) is 19.3 Å². The molecule has 1 aromatic carbocycles. The fourth-order valence-electron chi connectivity index (χ4n) is 2.91. The van der Waals surface area contributed by atoms with Gasteiger partial charge in [-0.2, -0.15) is 11.8 Å². The molecule has 3 rings (SSSR count). The Balaban J connectivity index is 1.71. The van der Waals surface area contributed by atoms with Crippen LogP contribution in [0.15, 0.2) is 18.2 Å². The third-order valence-electron chi connectivity index (χ3n) is 4.00. The molecular formula is C15H21NO3S. The Morgan fingerprint density at radius 2 is 2.30 bits per heavy atom. The molecule has 5 heteroatoms. The Morgan fingerprint density at radius 1 is 1.40 bits per heavy atom. The number of hydrogen-bond donors (Lipinski definition) is 1. The monoisotopic (exact) mass is 295 g/mol. The molecule has 0 aromatic heterocycles. The number of benzene rings is 1. The summed E-state index contributed by atoms with van der Waals surface area (Å²) in [6.07, 6.45) is 3.23. The molecule has 0 amide bonds. The van der Waals surface area contributed by atoms with Gasteiger partial charge < -0.3 is 19.9 Å². The van der Waals surface area contributed by atoms with Crippen LogP contribution in [-0.4, -0.2) is 36.9 Å². The van der Waals surface area contributed by atoms with Gasteiger partial charge in [-0.1, -0.05) is 0 Å². The first-order chi connectivity index (χ1) is 9.71. The Hall–Kier alpha value is -1.07. The lowest BCUT2D eigenvalue weighted by atomic mass is 9.91. The van der Waals surface area contributed by atoms with Crippen LogP contribution in [0.3, 0.4) is 0 Å². The molecule has 0 aliphatic carbocycles. The van der Waals surface area contributed by atoms with Gasteiger partial charge in [-0.25, -0.2) is 0 Å². The summed E-state index contributed by atoms with van der Waals surface area (Å²) in [4.78, 5) is 0. The summed E-state index contributed by atoms with van der Waals surface area (Å²) in [5.41, 5.74) is 6.49. The highest BCUT2D eigenvalue weighted by Crippen LogP contribution is 2.40. The van der Waals surface area contributed by atoms with Gasteiger partial charge in [-0.15, -0.1) is 0 Å². The molecule has 1 spiro atoms. The largest absolute Gasteiger partial charge is 0.493 e. The van der Waals surface area contributed by atoms with Crippen molar-refractivity contribution in [1.82, 2.24) is 0 Å². The molecule has 0 saturated carbocycles. The molecule has 2 unspecified atom stereocenters. The zero-order chi connectivity index (χ0) is 14.0. The van der Waals surface area contributed by atoms with Crippen LogP contribution in [0.25, 0.3) is 0 Å². The molecule has 2 N–H and O–H groups in total. The van der Waals surface area contributed by atoms with Gasteiger partial charge in [0.2, 0.25) is 0 Å². The molecule has 1 aromatic rings. The van der Waals surface area contributed by atoms with Gasteiger partial charge >= 0.3 is 0 Å². The highest BCUT2D eigenvalue weighted by atomic mass is 32.2. The van der Waals surface area contributed by atoms with E-state index in [-0.39, 0.29) is 11.7 Å². The minimum Gasteiger partial charge on any atom is -0.493 e. The van der Waals surface area contributed by atoms with E-state index in [4.69, 9.17) is 19.9 Å². The van der Waals surface area contributed by atoms with Crippen LogP contribution >= 0.6 is 11.8 Å². The van der Waals surface area contributed by atoms with Crippen molar-refractivity contribution in [2.75, 3.05) is 31.0 Å². The van der Waals surface area contributed by atoms with Crippen molar-refractivity contribution in [3.8, 4) is 11.5 Å². The van der Waals surface area contributed by atoms with Crippen molar-refractivity contribution in [3.63, 3.8) is 0 Å². The minimum absolute atomic E-state index is 0.0363. The number of methoxy groups -OCH3 is 1. The fraction of sp³-hybridized carbons (Fsp3) is 0.600. The summed E-state index contributed by atoms with van der Waals surface area (Å²) in [7, 11) is 1.64. The number of thioether (sulfide) groups is 1. The van der Waals surface area contributed by atoms with Crippen LogP contribution in [-0.2, 0) is 4.74 Å². The third kappa shape index (κ3) is 2.83. The molecule has 110 valence electrons. The van der Waals surface area contributed by atoms with Crippen molar-refractivity contribution >= 4 is 17.4 Å². The zero-order valence-electron chi connectivity index (χ0n) is 11.8. The van der Waals surface area contributed by atoms with Crippen LogP contribution in [0, 0.1) is 0 Å². The molecule has 4 nitrogen and oxygen atoms in total. The lowest BCUT2D eigenvalue weighted by Crippen LogP contribution is -2.43. The van der Waals surface area contributed by atoms with E-state index >= 15 is 0 Å². The second kappa shape index (κ2) is 5.74. The van der Waals surface area contributed by atoms with Crippen molar-refractivity contribution in [2.45, 2.75) is 31.0 Å². The predicted molar refractivity (Wildman–Crippen MR) is 81.7 cm³/mol. The zero-order valence-corrected chi connectivity index (χ0v) is 12.6. The predicted octanol–water partition coefficient (Wildman–Crippen LogP) is 2.71. The van der Waals surface area contributed by atoms with E-state index in [1.54, 1.807) is 13.2 Å². The maximum atomic E-state index is 6.15. The quantitative estimate of drug-likeness (QED) is 0.869. The Labute approximate surface area is 124 Å². The molecule has 2 heterocycles. The summed E-state index contributed by atoms with van der Waals surface area (Å²) < 4.78 is 17.5. The molecule has 2 atom stereocenters. The number of ether oxygens (including phenoxy) is 3. The molecule has 0 radical (unpaired) electrons. The Morgan fingerprint density at radius 3 is 3.05 bits per heavy atom. The first kappa shape index (κ1) is 13.9. The summed E-state index contributed by atoms with van der Waals surface area (Å²) in [5.74, 6) is 3.75. The average Bonchev–Trinajstić information content (AvgIpc) is 2.89. The topological polar surface area (TPSA) is 53.7 Å². The summed E-state index contributed by atoms with van der Waals surface area (Å²) in [6.45, 7) is 0.780. The molecule has 2 saturated heterocycles. The lowest BCUT2D eigenvalue weighted by Gasteiger charge is -2.37. The number of anilines is 1. The van der Waals surface area contributed by atoms with Crippen LogP contribution in [0.5, 0.6) is 11.5 Å². The van der Waals surface area contributed by atoms with E-state index in [9.17, 15) is 0 Å². The van der Waals surface area contributed by atoms with Crippen LogP contribution < -0.4 is 15.2 Å². The van der Waals surface area contributed by atoms with E-state index in [1.165, 1.54) is 5.75 Å². The van der Waals surface area contributed by atoms with Crippen molar-refractivity contribution in [3.05, 3.63) is 18.2 Å². The molecule has 20 heavy (non-hydrogen) atoms. The van der Waals surface area contributed by atoms with Gasteiger partial charge in [0, 0.05) is 30.3 Å². The van der Waals surface area contributed by atoms with E-state index in [0.29, 0.717) is 11.4 Å². The number of nitrogens with two attached hydrogens (primary N) is 1. The smallest absolute Gasteiger partial charge is 0.162 e. The number of hydrogen-bond acceptors (Lipinski definition) is 5. The summed E-state index contributed by atoms with van der Waals surface area (Å²) >= 11 is 1.98. The van der Waals surface area contributed by atoms with E-state index in [2.05, 4.69) is 0 Å². The fourth-order valence-corrected chi connectivity index (χ4v) is 4.29. The van der Waals surface area contributed by atoms with Crippen molar-refractivity contribution < 1.29 is 14.2 Å². The van der Waals surface area contributed by atoms with Gasteiger partial charge in [-0.3, -0.25) is 0 Å².